The van der Waals surface area contributed by atoms with Gasteiger partial charge in [-0.2, -0.15) is 0 Å². The number of hydrazine groups is 1. The van der Waals surface area contributed by atoms with Crippen LogP contribution in [0, 0.1) is 5.41 Å². The lowest BCUT2D eigenvalue weighted by atomic mass is 9.90. The van der Waals surface area contributed by atoms with Gasteiger partial charge in [0.15, 0.2) is 0 Å². The fraction of sp³-hybridized carbons (Fsp3) is 0.750. The molecule has 0 aliphatic carbocycles. The Morgan fingerprint density at radius 3 is 1.64 bits per heavy atom. The smallest absolute Gasteiger partial charge is 0.0525 e. The molecule has 3 heteroatoms. The van der Waals surface area contributed by atoms with Crippen molar-refractivity contribution in [2.24, 2.45) is 17.0 Å². The molecule has 0 spiro atoms. The molecule has 0 atom stereocenters. The summed E-state index contributed by atoms with van der Waals surface area (Å²) >= 11 is 0. The van der Waals surface area contributed by atoms with Crippen molar-refractivity contribution in [3.63, 3.8) is 0 Å². The molecule has 0 saturated carbocycles. The van der Waals surface area contributed by atoms with Crippen molar-refractivity contribution in [1.82, 2.24) is 5.01 Å². The van der Waals surface area contributed by atoms with E-state index < -0.39 is 0 Å². The highest BCUT2D eigenvalue weighted by atomic mass is 15.4. The average molecular weight is 157 g/mol. The van der Waals surface area contributed by atoms with Gasteiger partial charge in [-0.05, 0) is 6.92 Å². The molecule has 0 fully saturated rings. The lowest BCUT2D eigenvalue weighted by Crippen LogP contribution is -2.34. The molecule has 0 aliphatic rings. The predicted molar refractivity (Wildman–Crippen MR) is 48.3 cm³/mol. The van der Waals surface area contributed by atoms with E-state index in [2.05, 4.69) is 20.8 Å². The standard InChI is InChI=1S/C8H19N3/c1-6(9)7(11(5)10)8(2,3)4/h9-10H2,1-5H3/b7-6-. The zero-order chi connectivity index (χ0) is 9.23. The third kappa shape index (κ3) is 2.80. The molecular formula is C8H19N3. The van der Waals surface area contributed by atoms with Crippen LogP contribution in [0.25, 0.3) is 0 Å². The molecule has 0 bridgehead atoms. The van der Waals surface area contributed by atoms with Crippen LogP contribution in [-0.2, 0) is 0 Å². The number of hydrogen-bond acceptors (Lipinski definition) is 3. The van der Waals surface area contributed by atoms with Gasteiger partial charge in [0.2, 0.25) is 0 Å². The third-order valence-electron chi connectivity index (χ3n) is 1.44. The van der Waals surface area contributed by atoms with Crippen molar-refractivity contribution >= 4 is 0 Å². The van der Waals surface area contributed by atoms with Gasteiger partial charge in [0.05, 0.1) is 5.70 Å². The molecule has 0 heterocycles. The average Bonchev–Trinajstić information content (AvgIpc) is 1.54. The molecule has 0 radical (unpaired) electrons. The first-order chi connectivity index (χ1) is 4.76. The first-order valence-electron chi connectivity index (χ1n) is 3.72. The van der Waals surface area contributed by atoms with E-state index in [-0.39, 0.29) is 5.41 Å². The van der Waals surface area contributed by atoms with Gasteiger partial charge in [-0.25, -0.2) is 5.84 Å². The fourth-order valence-electron chi connectivity index (χ4n) is 1.40. The van der Waals surface area contributed by atoms with E-state index in [9.17, 15) is 0 Å². The van der Waals surface area contributed by atoms with Crippen molar-refractivity contribution in [3.05, 3.63) is 11.4 Å². The van der Waals surface area contributed by atoms with Crippen molar-refractivity contribution in [1.29, 1.82) is 0 Å². The van der Waals surface area contributed by atoms with Crippen LogP contribution in [0.5, 0.6) is 0 Å². The summed E-state index contributed by atoms with van der Waals surface area (Å²) in [6, 6.07) is 0. The summed E-state index contributed by atoms with van der Waals surface area (Å²) in [7, 11) is 1.80. The number of nitrogens with zero attached hydrogens (tertiary/aromatic N) is 1. The van der Waals surface area contributed by atoms with E-state index in [0.29, 0.717) is 0 Å². The number of allylic oxidation sites excluding steroid dienone is 2. The van der Waals surface area contributed by atoms with Gasteiger partial charge >= 0.3 is 0 Å². The Kier molecular flexibility index (Phi) is 2.93. The molecule has 0 unspecified atom stereocenters. The minimum absolute atomic E-state index is 0.0162. The monoisotopic (exact) mass is 157 g/mol. The van der Waals surface area contributed by atoms with Crippen LogP contribution in [0.2, 0.25) is 0 Å². The maximum absolute atomic E-state index is 5.68. The molecule has 66 valence electrons. The van der Waals surface area contributed by atoms with Crippen molar-refractivity contribution in [2.75, 3.05) is 7.05 Å². The maximum Gasteiger partial charge on any atom is 0.0525 e. The lowest BCUT2D eigenvalue weighted by Gasteiger charge is -2.29. The van der Waals surface area contributed by atoms with Crippen LogP contribution < -0.4 is 11.6 Å². The number of nitrogens with two attached hydrogens (primary N) is 2. The van der Waals surface area contributed by atoms with E-state index in [4.69, 9.17) is 11.6 Å². The van der Waals surface area contributed by atoms with E-state index in [1.54, 1.807) is 12.1 Å². The van der Waals surface area contributed by atoms with Crippen LogP contribution in [-0.4, -0.2) is 12.1 Å². The quantitative estimate of drug-likeness (QED) is 0.441. The molecule has 0 aliphatic heterocycles. The second kappa shape index (κ2) is 3.13. The second-order valence-corrected chi connectivity index (χ2v) is 3.89. The molecule has 0 amide bonds. The molecule has 0 aromatic heterocycles. The van der Waals surface area contributed by atoms with Gasteiger partial charge < -0.3 is 10.7 Å². The van der Waals surface area contributed by atoms with E-state index in [1.165, 1.54) is 0 Å². The Morgan fingerprint density at radius 1 is 1.27 bits per heavy atom. The summed E-state index contributed by atoms with van der Waals surface area (Å²) in [5.74, 6) is 5.62. The number of rotatable bonds is 1. The summed E-state index contributed by atoms with van der Waals surface area (Å²) in [5, 5.41) is 1.58. The van der Waals surface area contributed by atoms with Gasteiger partial charge in [-0.1, -0.05) is 20.8 Å². The summed E-state index contributed by atoms with van der Waals surface area (Å²) in [4.78, 5) is 0. The normalized spacial score (nSPS) is 14.4. The Bertz CT molecular complexity index is 159. The minimum Gasteiger partial charge on any atom is -0.401 e. The van der Waals surface area contributed by atoms with Crippen molar-refractivity contribution in [3.8, 4) is 0 Å². The van der Waals surface area contributed by atoms with Crippen LogP contribution in [0.3, 0.4) is 0 Å². The summed E-state index contributed by atoms with van der Waals surface area (Å²) in [5.41, 5.74) is 7.46. The van der Waals surface area contributed by atoms with E-state index in [0.717, 1.165) is 11.4 Å². The van der Waals surface area contributed by atoms with Gasteiger partial charge in [0.25, 0.3) is 0 Å². The Balaban J connectivity index is 4.80. The predicted octanol–water partition coefficient (Wildman–Crippen LogP) is 1.03. The Labute approximate surface area is 69.0 Å². The molecule has 0 rings (SSSR count). The van der Waals surface area contributed by atoms with Crippen LogP contribution >= 0.6 is 0 Å². The zero-order valence-electron chi connectivity index (χ0n) is 8.10. The second-order valence-electron chi connectivity index (χ2n) is 3.89. The fourth-order valence-corrected chi connectivity index (χ4v) is 1.40. The Hall–Kier alpha value is -0.700. The minimum atomic E-state index is 0.0162. The number of hydrogen-bond donors (Lipinski definition) is 2. The van der Waals surface area contributed by atoms with E-state index >= 15 is 0 Å². The van der Waals surface area contributed by atoms with E-state index in [1.807, 2.05) is 6.92 Å². The van der Waals surface area contributed by atoms with Gasteiger partial charge in [0.1, 0.15) is 0 Å². The molecule has 0 aromatic carbocycles. The highest BCUT2D eigenvalue weighted by molar-refractivity contribution is 5.13. The zero-order valence-corrected chi connectivity index (χ0v) is 8.10. The van der Waals surface area contributed by atoms with Crippen LogP contribution in [0.15, 0.2) is 11.4 Å². The van der Waals surface area contributed by atoms with Crippen LogP contribution in [0.1, 0.15) is 27.7 Å². The largest absolute Gasteiger partial charge is 0.401 e. The van der Waals surface area contributed by atoms with Crippen molar-refractivity contribution < 1.29 is 0 Å². The molecule has 0 saturated heterocycles. The van der Waals surface area contributed by atoms with Gasteiger partial charge in [0, 0.05) is 18.2 Å². The summed E-state index contributed by atoms with van der Waals surface area (Å²) < 4.78 is 0. The van der Waals surface area contributed by atoms with Gasteiger partial charge in [-0.3, -0.25) is 0 Å². The lowest BCUT2D eigenvalue weighted by molar-refractivity contribution is 0.312. The van der Waals surface area contributed by atoms with Crippen LogP contribution in [0.4, 0.5) is 0 Å². The highest BCUT2D eigenvalue weighted by Crippen LogP contribution is 2.26. The van der Waals surface area contributed by atoms with Gasteiger partial charge in [-0.15, -0.1) is 0 Å². The summed E-state index contributed by atoms with van der Waals surface area (Å²) in [6.45, 7) is 8.12. The molecule has 0 aromatic rings. The molecule has 4 N–H and O–H groups in total. The molecule has 3 nitrogen and oxygen atoms in total. The maximum atomic E-state index is 5.68. The van der Waals surface area contributed by atoms with Crippen molar-refractivity contribution in [2.45, 2.75) is 27.7 Å². The highest BCUT2D eigenvalue weighted by Gasteiger charge is 2.20. The first kappa shape index (κ1) is 10.3. The SMILES string of the molecule is C/C(N)=C(/N(C)N)C(C)(C)C. The molecule has 11 heavy (non-hydrogen) atoms. The third-order valence-corrected chi connectivity index (χ3v) is 1.44. The topological polar surface area (TPSA) is 55.3 Å². The summed E-state index contributed by atoms with van der Waals surface area (Å²) in [6.07, 6.45) is 0. The molecular weight excluding hydrogens is 138 g/mol. The Morgan fingerprint density at radius 2 is 1.64 bits per heavy atom. The first-order valence-corrected chi connectivity index (χ1v) is 3.72.